The van der Waals surface area contributed by atoms with Crippen LogP contribution in [-0.2, 0) is 0 Å². The molecule has 16 heavy (non-hydrogen) atoms. The lowest BCUT2D eigenvalue weighted by Crippen LogP contribution is -2.20. The Bertz CT molecular complexity index is 509. The van der Waals surface area contributed by atoms with Gasteiger partial charge in [-0.05, 0) is 12.5 Å². The fourth-order valence-electron chi connectivity index (χ4n) is 2.18. The first-order valence-corrected chi connectivity index (χ1v) is 6.35. The molecule has 1 saturated heterocycles. The van der Waals surface area contributed by atoms with E-state index in [0.717, 1.165) is 18.6 Å². The Morgan fingerprint density at radius 1 is 1.31 bits per heavy atom. The van der Waals surface area contributed by atoms with Crippen LogP contribution in [0.4, 0.5) is 5.69 Å². The van der Waals surface area contributed by atoms with Crippen LogP contribution < -0.4 is 4.90 Å². The molecule has 1 aliphatic heterocycles. The van der Waals surface area contributed by atoms with Crippen molar-refractivity contribution < 1.29 is 0 Å². The summed E-state index contributed by atoms with van der Waals surface area (Å²) in [6, 6.07) is 8.17. The average molecular weight is 278 g/mol. The van der Waals surface area contributed by atoms with Gasteiger partial charge in [0, 0.05) is 23.3 Å². The lowest BCUT2D eigenvalue weighted by atomic mass is 10.2. The van der Waals surface area contributed by atoms with Gasteiger partial charge in [0.05, 0.1) is 17.4 Å². The summed E-state index contributed by atoms with van der Waals surface area (Å²) < 4.78 is 0. The van der Waals surface area contributed by atoms with Gasteiger partial charge in [-0.1, -0.05) is 34.1 Å². The van der Waals surface area contributed by atoms with E-state index in [1.165, 1.54) is 17.5 Å². The minimum absolute atomic E-state index is 0.597. The smallest absolute Gasteiger partial charge is 0.0950 e. The number of aromatic nitrogens is 2. The Labute approximate surface area is 103 Å². The van der Waals surface area contributed by atoms with Gasteiger partial charge >= 0.3 is 0 Å². The molecule has 0 radical (unpaired) electrons. The Morgan fingerprint density at radius 3 is 3.00 bits per heavy atom. The van der Waals surface area contributed by atoms with Crippen molar-refractivity contribution in [3.05, 3.63) is 30.5 Å². The van der Waals surface area contributed by atoms with Crippen LogP contribution in [0, 0.1) is 0 Å². The van der Waals surface area contributed by atoms with E-state index in [2.05, 4.69) is 43.2 Å². The maximum absolute atomic E-state index is 4.14. The summed E-state index contributed by atoms with van der Waals surface area (Å²) in [5.41, 5.74) is 2.17. The lowest BCUT2D eigenvalue weighted by molar-refractivity contribution is 0.954. The van der Waals surface area contributed by atoms with E-state index in [9.17, 15) is 0 Å². The first kappa shape index (κ1) is 10.0. The fraction of sp³-hybridized carbons (Fsp3) is 0.333. The first-order chi connectivity index (χ1) is 7.84. The molecule has 3 nitrogen and oxygen atoms in total. The number of alkyl halides is 1. The lowest BCUT2D eigenvalue weighted by Gasteiger charge is -2.18. The zero-order chi connectivity index (χ0) is 11.0. The Morgan fingerprint density at radius 2 is 2.19 bits per heavy atom. The van der Waals surface area contributed by atoms with Gasteiger partial charge in [-0.3, -0.25) is 0 Å². The van der Waals surface area contributed by atoms with Crippen LogP contribution in [0.2, 0.25) is 0 Å². The number of anilines is 1. The van der Waals surface area contributed by atoms with Crippen molar-refractivity contribution in [2.24, 2.45) is 0 Å². The summed E-state index contributed by atoms with van der Waals surface area (Å²) in [7, 11) is 0. The van der Waals surface area contributed by atoms with E-state index < -0.39 is 0 Å². The van der Waals surface area contributed by atoms with E-state index in [0.29, 0.717) is 4.83 Å². The minimum Gasteiger partial charge on any atom is -0.369 e. The van der Waals surface area contributed by atoms with Crippen molar-refractivity contribution in [3.8, 4) is 0 Å². The van der Waals surface area contributed by atoms with Crippen LogP contribution in [0.15, 0.2) is 30.5 Å². The van der Waals surface area contributed by atoms with Crippen LogP contribution in [-0.4, -0.2) is 28.1 Å². The van der Waals surface area contributed by atoms with E-state index in [-0.39, 0.29) is 0 Å². The van der Waals surface area contributed by atoms with Gasteiger partial charge in [0.25, 0.3) is 0 Å². The van der Waals surface area contributed by atoms with Crippen LogP contribution in [0.1, 0.15) is 6.42 Å². The van der Waals surface area contributed by atoms with Crippen molar-refractivity contribution in [2.75, 3.05) is 18.0 Å². The third-order valence-corrected chi connectivity index (χ3v) is 3.74. The molecule has 0 aliphatic carbocycles. The molecule has 0 amide bonds. The number of fused-ring (bicyclic) bond motifs is 1. The molecule has 0 spiro atoms. The molecular weight excluding hydrogens is 266 g/mol. The fourth-order valence-corrected chi connectivity index (χ4v) is 2.74. The van der Waals surface area contributed by atoms with Crippen LogP contribution in [0.5, 0.6) is 0 Å². The summed E-state index contributed by atoms with van der Waals surface area (Å²) in [4.78, 5) is 2.97. The van der Waals surface area contributed by atoms with Gasteiger partial charge in [0.15, 0.2) is 0 Å². The number of hydrogen-bond donors (Lipinski definition) is 0. The highest BCUT2D eigenvalue weighted by molar-refractivity contribution is 9.09. The summed E-state index contributed by atoms with van der Waals surface area (Å²) >= 11 is 3.66. The molecule has 1 aliphatic rings. The zero-order valence-electron chi connectivity index (χ0n) is 8.81. The van der Waals surface area contributed by atoms with Gasteiger partial charge < -0.3 is 4.90 Å². The molecule has 0 saturated carbocycles. The van der Waals surface area contributed by atoms with Gasteiger partial charge in [-0.2, -0.15) is 10.2 Å². The largest absolute Gasteiger partial charge is 0.369 e. The first-order valence-electron chi connectivity index (χ1n) is 5.44. The molecule has 2 aromatic rings. The monoisotopic (exact) mass is 277 g/mol. The van der Waals surface area contributed by atoms with Crippen molar-refractivity contribution in [2.45, 2.75) is 11.2 Å². The molecule has 3 rings (SSSR count). The molecule has 1 aromatic carbocycles. The molecular formula is C12H12BrN3. The van der Waals surface area contributed by atoms with E-state index in [4.69, 9.17) is 0 Å². The molecule has 1 fully saturated rings. The number of hydrogen-bond acceptors (Lipinski definition) is 3. The van der Waals surface area contributed by atoms with E-state index >= 15 is 0 Å². The SMILES string of the molecule is BrC1CCN(c2cnnc3ccccc23)C1. The van der Waals surface area contributed by atoms with Crippen molar-refractivity contribution >= 4 is 32.5 Å². The van der Waals surface area contributed by atoms with Gasteiger partial charge in [0.1, 0.15) is 0 Å². The Hall–Kier alpha value is -1.16. The van der Waals surface area contributed by atoms with Gasteiger partial charge in [-0.25, -0.2) is 0 Å². The third-order valence-electron chi connectivity index (χ3n) is 3.00. The minimum atomic E-state index is 0.597. The highest BCUT2D eigenvalue weighted by atomic mass is 79.9. The number of halogens is 1. The second-order valence-electron chi connectivity index (χ2n) is 4.08. The normalized spacial score (nSPS) is 20.6. The second-order valence-corrected chi connectivity index (χ2v) is 5.37. The predicted octanol–water partition coefficient (Wildman–Crippen LogP) is 2.60. The number of nitrogens with zero attached hydrogens (tertiary/aromatic N) is 3. The van der Waals surface area contributed by atoms with Crippen molar-refractivity contribution in [3.63, 3.8) is 0 Å². The molecule has 0 bridgehead atoms. The Balaban J connectivity index is 2.09. The summed E-state index contributed by atoms with van der Waals surface area (Å²) in [5.74, 6) is 0. The molecule has 2 heterocycles. The maximum atomic E-state index is 4.14. The molecule has 82 valence electrons. The summed E-state index contributed by atoms with van der Waals surface area (Å²) in [6.45, 7) is 2.14. The summed E-state index contributed by atoms with van der Waals surface area (Å²) in [5, 5.41) is 9.41. The molecule has 1 atom stereocenters. The quantitative estimate of drug-likeness (QED) is 0.751. The molecule has 1 aromatic heterocycles. The van der Waals surface area contributed by atoms with Crippen LogP contribution >= 0.6 is 15.9 Å². The average Bonchev–Trinajstić information content (AvgIpc) is 2.75. The van der Waals surface area contributed by atoms with Gasteiger partial charge in [-0.15, -0.1) is 0 Å². The molecule has 1 unspecified atom stereocenters. The second kappa shape index (κ2) is 4.01. The van der Waals surface area contributed by atoms with Crippen molar-refractivity contribution in [1.29, 1.82) is 0 Å². The van der Waals surface area contributed by atoms with Crippen molar-refractivity contribution in [1.82, 2.24) is 10.2 Å². The third kappa shape index (κ3) is 1.67. The highest BCUT2D eigenvalue weighted by Gasteiger charge is 2.21. The number of benzene rings is 1. The Kier molecular flexibility index (Phi) is 2.52. The molecule has 4 heteroatoms. The highest BCUT2D eigenvalue weighted by Crippen LogP contribution is 2.28. The summed E-state index contributed by atoms with van der Waals surface area (Å²) in [6.07, 6.45) is 3.06. The topological polar surface area (TPSA) is 29.0 Å². The van der Waals surface area contributed by atoms with Gasteiger partial charge in [0.2, 0.25) is 0 Å². The molecule has 0 N–H and O–H groups in total. The van der Waals surface area contributed by atoms with Crippen LogP contribution in [0.25, 0.3) is 10.9 Å². The van der Waals surface area contributed by atoms with E-state index in [1.807, 2.05) is 18.3 Å². The maximum Gasteiger partial charge on any atom is 0.0950 e. The van der Waals surface area contributed by atoms with E-state index in [1.54, 1.807) is 0 Å². The predicted molar refractivity (Wildman–Crippen MR) is 69.1 cm³/mol. The zero-order valence-corrected chi connectivity index (χ0v) is 10.4. The van der Waals surface area contributed by atoms with Crippen LogP contribution in [0.3, 0.4) is 0 Å². The number of rotatable bonds is 1. The standard InChI is InChI=1S/C12H12BrN3/c13-9-5-6-16(8-9)12-7-14-15-11-4-2-1-3-10(11)12/h1-4,7,9H,5-6,8H2.